The number of amides is 1. The summed E-state index contributed by atoms with van der Waals surface area (Å²) in [6.07, 6.45) is 1.39. The van der Waals surface area contributed by atoms with E-state index in [4.69, 9.17) is 4.74 Å². The van der Waals surface area contributed by atoms with E-state index in [9.17, 15) is 14.0 Å². The van der Waals surface area contributed by atoms with Gasteiger partial charge in [-0.2, -0.15) is 0 Å². The van der Waals surface area contributed by atoms with E-state index in [-0.39, 0.29) is 23.6 Å². The Morgan fingerprint density at radius 2 is 1.75 bits per heavy atom. The molecule has 2 aromatic carbocycles. The van der Waals surface area contributed by atoms with Crippen molar-refractivity contribution in [3.05, 3.63) is 66.0 Å². The second-order valence-electron chi connectivity index (χ2n) is 7.02. The molecule has 1 fully saturated rings. The van der Waals surface area contributed by atoms with E-state index >= 15 is 0 Å². The number of quaternary nitrogens is 1. The summed E-state index contributed by atoms with van der Waals surface area (Å²) >= 11 is 0. The maximum atomic E-state index is 13.1. The Kier molecular flexibility index (Phi) is 6.76. The number of piperidine rings is 1. The number of benzene rings is 2. The van der Waals surface area contributed by atoms with Crippen LogP contribution in [0, 0.1) is 11.7 Å². The molecule has 1 amide bonds. The summed E-state index contributed by atoms with van der Waals surface area (Å²) in [5.74, 6) is -0.722. The predicted molar refractivity (Wildman–Crippen MR) is 104 cm³/mol. The van der Waals surface area contributed by atoms with Gasteiger partial charge in [0.25, 0.3) is 5.91 Å². The molecule has 1 saturated heterocycles. The molecular formula is C22H26FN2O3+. The van der Waals surface area contributed by atoms with Gasteiger partial charge < -0.3 is 15.0 Å². The minimum atomic E-state index is -0.394. The molecule has 0 saturated carbocycles. The SMILES string of the molecule is CCOC(=O)C1CC[NH+]([C@@H](C(=O)Nc2ccc(F)cc2)c2ccccc2)CC1. The van der Waals surface area contributed by atoms with Crippen molar-refractivity contribution >= 4 is 17.6 Å². The average Bonchev–Trinajstić information content (AvgIpc) is 2.71. The van der Waals surface area contributed by atoms with Crippen LogP contribution in [0.2, 0.25) is 0 Å². The van der Waals surface area contributed by atoms with Crippen molar-refractivity contribution in [3.8, 4) is 0 Å². The van der Waals surface area contributed by atoms with Crippen LogP contribution >= 0.6 is 0 Å². The number of halogens is 1. The molecule has 5 nitrogen and oxygen atoms in total. The second kappa shape index (κ2) is 9.46. The van der Waals surface area contributed by atoms with Gasteiger partial charge in [-0.3, -0.25) is 9.59 Å². The Labute approximate surface area is 164 Å². The van der Waals surface area contributed by atoms with Crippen LogP contribution < -0.4 is 10.2 Å². The van der Waals surface area contributed by atoms with E-state index in [0.717, 1.165) is 10.5 Å². The second-order valence-corrected chi connectivity index (χ2v) is 7.02. The van der Waals surface area contributed by atoms with Crippen LogP contribution in [0.4, 0.5) is 10.1 Å². The highest BCUT2D eigenvalue weighted by Gasteiger charge is 2.37. The number of hydrogen-bond acceptors (Lipinski definition) is 3. The van der Waals surface area contributed by atoms with Crippen molar-refractivity contribution in [1.82, 2.24) is 0 Å². The van der Waals surface area contributed by atoms with Crippen LogP contribution in [0.25, 0.3) is 0 Å². The van der Waals surface area contributed by atoms with E-state index in [1.165, 1.54) is 12.1 Å². The summed E-state index contributed by atoms with van der Waals surface area (Å²) in [6.45, 7) is 3.61. The normalized spacial score (nSPS) is 20.2. The molecule has 28 heavy (non-hydrogen) atoms. The van der Waals surface area contributed by atoms with Crippen molar-refractivity contribution in [2.24, 2.45) is 5.92 Å². The first-order chi connectivity index (χ1) is 13.6. The Hall–Kier alpha value is -2.73. The number of ether oxygens (including phenoxy) is 1. The quantitative estimate of drug-likeness (QED) is 0.751. The summed E-state index contributed by atoms with van der Waals surface area (Å²) < 4.78 is 18.3. The summed E-state index contributed by atoms with van der Waals surface area (Å²) in [5.41, 5.74) is 1.49. The van der Waals surface area contributed by atoms with Crippen LogP contribution in [0.15, 0.2) is 54.6 Å². The molecule has 0 radical (unpaired) electrons. The molecule has 148 valence electrons. The van der Waals surface area contributed by atoms with Gasteiger partial charge >= 0.3 is 5.97 Å². The van der Waals surface area contributed by atoms with E-state index in [1.54, 1.807) is 12.1 Å². The fourth-order valence-corrected chi connectivity index (χ4v) is 3.74. The lowest BCUT2D eigenvalue weighted by Gasteiger charge is -2.33. The molecule has 0 unspecified atom stereocenters. The number of hydrogen-bond donors (Lipinski definition) is 2. The van der Waals surface area contributed by atoms with E-state index in [2.05, 4.69) is 5.32 Å². The molecule has 0 bridgehead atoms. The monoisotopic (exact) mass is 385 g/mol. The average molecular weight is 385 g/mol. The first-order valence-electron chi connectivity index (χ1n) is 9.71. The molecule has 1 aliphatic heterocycles. The third-order valence-corrected chi connectivity index (χ3v) is 5.16. The number of carbonyl (C=O) groups excluding carboxylic acids is 2. The number of nitrogens with one attached hydrogen (secondary N) is 2. The molecule has 0 aliphatic carbocycles. The molecule has 3 rings (SSSR count). The highest BCUT2D eigenvalue weighted by molar-refractivity contribution is 5.94. The summed E-state index contributed by atoms with van der Waals surface area (Å²) in [4.78, 5) is 26.2. The fourth-order valence-electron chi connectivity index (χ4n) is 3.74. The topological polar surface area (TPSA) is 59.8 Å². The van der Waals surface area contributed by atoms with Crippen LogP contribution in [0.3, 0.4) is 0 Å². The number of esters is 1. The van der Waals surface area contributed by atoms with Crippen molar-refractivity contribution < 1.29 is 23.6 Å². The Balaban J connectivity index is 1.74. The predicted octanol–water partition coefficient (Wildman–Crippen LogP) is 2.36. The first-order valence-corrected chi connectivity index (χ1v) is 9.71. The van der Waals surface area contributed by atoms with Gasteiger partial charge in [-0.25, -0.2) is 4.39 Å². The lowest BCUT2D eigenvalue weighted by atomic mass is 9.94. The zero-order chi connectivity index (χ0) is 19.9. The minimum Gasteiger partial charge on any atom is -0.466 e. The third kappa shape index (κ3) is 4.95. The van der Waals surface area contributed by atoms with Gasteiger partial charge in [0.05, 0.1) is 25.6 Å². The van der Waals surface area contributed by atoms with Crippen molar-refractivity contribution in [3.63, 3.8) is 0 Å². The largest absolute Gasteiger partial charge is 0.466 e. The summed E-state index contributed by atoms with van der Waals surface area (Å²) in [6, 6.07) is 15.0. The maximum Gasteiger partial charge on any atom is 0.309 e. The van der Waals surface area contributed by atoms with Gasteiger partial charge in [0, 0.05) is 24.1 Å². The van der Waals surface area contributed by atoms with Gasteiger partial charge in [0.2, 0.25) is 0 Å². The molecule has 2 N–H and O–H groups in total. The highest BCUT2D eigenvalue weighted by Crippen LogP contribution is 2.18. The van der Waals surface area contributed by atoms with Gasteiger partial charge in [-0.15, -0.1) is 0 Å². The number of carbonyl (C=O) groups is 2. The zero-order valence-electron chi connectivity index (χ0n) is 16.0. The van der Waals surface area contributed by atoms with Crippen molar-refractivity contribution in [1.29, 1.82) is 0 Å². The van der Waals surface area contributed by atoms with Crippen LogP contribution in [-0.4, -0.2) is 31.6 Å². The molecule has 6 heteroatoms. The summed E-state index contributed by atoms with van der Waals surface area (Å²) in [5, 5.41) is 2.90. The van der Waals surface area contributed by atoms with E-state index in [1.807, 2.05) is 37.3 Å². The minimum absolute atomic E-state index is 0.0970. The maximum absolute atomic E-state index is 13.1. The highest BCUT2D eigenvalue weighted by atomic mass is 19.1. The Morgan fingerprint density at radius 1 is 1.11 bits per heavy atom. The smallest absolute Gasteiger partial charge is 0.309 e. The van der Waals surface area contributed by atoms with E-state index in [0.29, 0.717) is 38.2 Å². The van der Waals surface area contributed by atoms with Gasteiger partial charge in [-0.05, 0) is 31.2 Å². The molecule has 0 spiro atoms. The fraction of sp³-hybridized carbons (Fsp3) is 0.364. The Bertz CT molecular complexity index is 787. The molecular weight excluding hydrogens is 359 g/mol. The van der Waals surface area contributed by atoms with Gasteiger partial charge in [-0.1, -0.05) is 30.3 Å². The lowest BCUT2D eigenvalue weighted by Crippen LogP contribution is -3.14. The molecule has 1 aliphatic rings. The Morgan fingerprint density at radius 3 is 2.36 bits per heavy atom. The third-order valence-electron chi connectivity index (χ3n) is 5.16. The lowest BCUT2D eigenvalue weighted by molar-refractivity contribution is -0.927. The summed E-state index contributed by atoms with van der Waals surface area (Å²) in [7, 11) is 0. The number of rotatable bonds is 6. The van der Waals surface area contributed by atoms with Crippen molar-refractivity contribution in [2.75, 3.05) is 25.0 Å². The number of likely N-dealkylation sites (tertiary alicyclic amines) is 1. The van der Waals surface area contributed by atoms with E-state index < -0.39 is 6.04 Å². The molecule has 0 aromatic heterocycles. The van der Waals surface area contributed by atoms with Crippen LogP contribution in [0.5, 0.6) is 0 Å². The van der Waals surface area contributed by atoms with Crippen molar-refractivity contribution in [2.45, 2.75) is 25.8 Å². The molecule has 1 atom stereocenters. The standard InChI is InChI=1S/C22H25FN2O3/c1-2-28-22(27)17-12-14-25(15-13-17)20(16-6-4-3-5-7-16)21(26)24-19-10-8-18(23)9-11-19/h3-11,17,20H,2,12-15H2,1H3,(H,24,26)/p+1/t20-/m1/s1. The number of anilines is 1. The van der Waals surface area contributed by atoms with Crippen LogP contribution in [0.1, 0.15) is 31.4 Å². The zero-order valence-corrected chi connectivity index (χ0v) is 16.0. The first kappa shape index (κ1) is 20.0. The van der Waals surface area contributed by atoms with Gasteiger partial charge in [0.15, 0.2) is 6.04 Å². The van der Waals surface area contributed by atoms with Gasteiger partial charge in [0.1, 0.15) is 5.82 Å². The molecule has 2 aromatic rings. The van der Waals surface area contributed by atoms with Crippen LogP contribution in [-0.2, 0) is 14.3 Å². The molecule has 1 heterocycles.